The van der Waals surface area contributed by atoms with E-state index in [0.29, 0.717) is 28.0 Å². The third kappa shape index (κ3) is 4.97. The molecule has 1 heterocycles. The van der Waals surface area contributed by atoms with Gasteiger partial charge in [-0.2, -0.15) is 5.10 Å². The molecule has 9 nitrogen and oxygen atoms in total. The first kappa shape index (κ1) is 22.2. The fourth-order valence-corrected chi connectivity index (χ4v) is 3.17. The second-order valence-electron chi connectivity index (χ2n) is 6.31. The summed E-state index contributed by atoms with van der Waals surface area (Å²) in [6.07, 6.45) is 0.215. The monoisotopic (exact) mass is 490 g/mol. The number of methoxy groups -OCH3 is 2. The average Bonchev–Trinajstić information content (AvgIpc) is 3.17. The molecule has 3 rings (SSSR count). The largest absolute Gasteiger partial charge is 0.493 e. The highest BCUT2D eigenvalue weighted by Crippen LogP contribution is 2.33. The SMILES string of the molecule is COc1cccc(C=NNC(=O)c2cc3cc(Br)cc(OC)c3o2)c1OC(C)C(=O)O. The van der Waals surface area contributed by atoms with Crippen LogP contribution in [-0.4, -0.2) is 43.5 Å². The molecule has 0 aliphatic heterocycles. The van der Waals surface area contributed by atoms with Gasteiger partial charge in [0.1, 0.15) is 0 Å². The lowest BCUT2D eigenvalue weighted by atomic mass is 10.2. The van der Waals surface area contributed by atoms with Gasteiger partial charge in [-0.05, 0) is 37.3 Å². The van der Waals surface area contributed by atoms with E-state index in [-0.39, 0.29) is 11.5 Å². The van der Waals surface area contributed by atoms with Crippen molar-refractivity contribution in [3.63, 3.8) is 0 Å². The number of ether oxygens (including phenoxy) is 3. The molecule has 0 fully saturated rings. The van der Waals surface area contributed by atoms with E-state index in [4.69, 9.17) is 23.7 Å². The number of hydrazone groups is 1. The average molecular weight is 491 g/mol. The Bertz CT molecular complexity index is 1160. The third-order valence-corrected chi connectivity index (χ3v) is 4.69. The van der Waals surface area contributed by atoms with E-state index in [1.54, 1.807) is 36.4 Å². The van der Waals surface area contributed by atoms with Crippen LogP contribution in [0.2, 0.25) is 0 Å². The zero-order valence-corrected chi connectivity index (χ0v) is 18.4. The van der Waals surface area contributed by atoms with Crippen LogP contribution in [0, 0.1) is 0 Å². The molecule has 10 heteroatoms. The number of carboxylic acid groups (broad SMARTS) is 1. The van der Waals surface area contributed by atoms with Gasteiger partial charge in [-0.3, -0.25) is 4.79 Å². The molecule has 0 saturated heterocycles. The molecule has 2 aromatic carbocycles. The number of rotatable bonds is 8. The summed E-state index contributed by atoms with van der Waals surface area (Å²) in [6.45, 7) is 1.39. The van der Waals surface area contributed by atoms with Crippen molar-refractivity contribution in [2.75, 3.05) is 14.2 Å². The Morgan fingerprint density at radius 3 is 2.61 bits per heavy atom. The quantitative estimate of drug-likeness (QED) is 0.363. The first-order chi connectivity index (χ1) is 14.8. The van der Waals surface area contributed by atoms with Gasteiger partial charge in [0.2, 0.25) is 0 Å². The lowest BCUT2D eigenvalue weighted by Gasteiger charge is -2.15. The molecule has 0 aliphatic carbocycles. The Morgan fingerprint density at radius 1 is 1.19 bits per heavy atom. The first-order valence-electron chi connectivity index (χ1n) is 9.01. The number of amides is 1. The standard InChI is InChI=1S/C21H19BrN2O7/c1-11(21(26)27)30-18-12(5-4-6-15(18)28-2)10-23-24-20(25)17-8-13-7-14(22)9-16(29-3)19(13)31-17/h4-11H,1-3H3,(H,24,25)(H,26,27). The Balaban J connectivity index is 1.81. The van der Waals surface area contributed by atoms with Crippen LogP contribution in [0.1, 0.15) is 23.0 Å². The van der Waals surface area contributed by atoms with Crippen LogP contribution in [0.25, 0.3) is 11.0 Å². The van der Waals surface area contributed by atoms with Crippen LogP contribution in [0.4, 0.5) is 0 Å². The summed E-state index contributed by atoms with van der Waals surface area (Å²) in [4.78, 5) is 23.6. The number of nitrogens with zero attached hydrogens (tertiary/aromatic N) is 1. The first-order valence-corrected chi connectivity index (χ1v) is 9.80. The van der Waals surface area contributed by atoms with Crippen LogP contribution in [0.15, 0.2) is 50.4 Å². The minimum absolute atomic E-state index is 0.0464. The number of aliphatic carboxylic acids is 1. The molecular formula is C21H19BrN2O7. The summed E-state index contributed by atoms with van der Waals surface area (Å²) in [5.74, 6) is -0.652. The van der Waals surface area contributed by atoms with Crippen LogP contribution < -0.4 is 19.6 Å². The number of carbonyl (C=O) groups is 2. The van der Waals surface area contributed by atoms with Crippen molar-refractivity contribution < 1.29 is 33.3 Å². The number of halogens is 1. The number of hydrogen-bond donors (Lipinski definition) is 2. The van der Waals surface area contributed by atoms with Gasteiger partial charge >= 0.3 is 11.9 Å². The maximum absolute atomic E-state index is 12.5. The van der Waals surface area contributed by atoms with Gasteiger partial charge in [0.15, 0.2) is 34.7 Å². The molecule has 0 bridgehead atoms. The molecule has 0 radical (unpaired) electrons. The number of benzene rings is 2. The Hall–Kier alpha value is -3.53. The van der Waals surface area contributed by atoms with Crippen LogP contribution in [0.3, 0.4) is 0 Å². The highest BCUT2D eigenvalue weighted by molar-refractivity contribution is 9.10. The fraction of sp³-hybridized carbons (Fsp3) is 0.190. The third-order valence-electron chi connectivity index (χ3n) is 4.23. The predicted molar refractivity (Wildman–Crippen MR) is 116 cm³/mol. The molecule has 1 amide bonds. The molecule has 1 aromatic heterocycles. The van der Waals surface area contributed by atoms with Gasteiger partial charge in [-0.25, -0.2) is 10.2 Å². The zero-order valence-electron chi connectivity index (χ0n) is 16.8. The summed E-state index contributed by atoms with van der Waals surface area (Å²) in [5, 5.41) is 13.7. The minimum Gasteiger partial charge on any atom is -0.493 e. The van der Waals surface area contributed by atoms with Crippen LogP contribution in [0.5, 0.6) is 17.2 Å². The van der Waals surface area contributed by atoms with Crippen molar-refractivity contribution in [1.82, 2.24) is 5.43 Å². The van der Waals surface area contributed by atoms with Gasteiger partial charge < -0.3 is 23.7 Å². The maximum atomic E-state index is 12.5. The molecule has 0 spiro atoms. The van der Waals surface area contributed by atoms with Gasteiger partial charge in [0, 0.05) is 15.4 Å². The summed E-state index contributed by atoms with van der Waals surface area (Å²) in [6, 6.07) is 10.1. The van der Waals surface area contributed by atoms with E-state index >= 15 is 0 Å². The van der Waals surface area contributed by atoms with Crippen molar-refractivity contribution in [2.45, 2.75) is 13.0 Å². The predicted octanol–water partition coefficient (Wildman–Crippen LogP) is 3.83. The summed E-state index contributed by atoms with van der Waals surface area (Å²) >= 11 is 3.38. The van der Waals surface area contributed by atoms with E-state index < -0.39 is 18.0 Å². The smallest absolute Gasteiger partial charge is 0.344 e. The Morgan fingerprint density at radius 2 is 1.94 bits per heavy atom. The van der Waals surface area contributed by atoms with E-state index in [0.717, 1.165) is 4.47 Å². The number of furan rings is 1. The Labute approximate surface area is 185 Å². The van der Waals surface area contributed by atoms with Gasteiger partial charge in [-0.1, -0.05) is 22.0 Å². The van der Waals surface area contributed by atoms with E-state index in [9.17, 15) is 9.59 Å². The summed E-state index contributed by atoms with van der Waals surface area (Å²) in [7, 11) is 2.94. The van der Waals surface area contributed by atoms with E-state index in [1.807, 2.05) is 0 Å². The molecular weight excluding hydrogens is 472 g/mol. The molecule has 1 unspecified atom stereocenters. The highest BCUT2D eigenvalue weighted by Gasteiger charge is 2.18. The fourth-order valence-electron chi connectivity index (χ4n) is 2.71. The van der Waals surface area contributed by atoms with Crippen molar-refractivity contribution >= 4 is 45.0 Å². The number of fused-ring (bicyclic) bond motifs is 1. The van der Waals surface area contributed by atoms with Crippen LogP contribution >= 0.6 is 15.9 Å². The van der Waals surface area contributed by atoms with E-state index in [1.165, 1.54) is 27.4 Å². The molecule has 1 atom stereocenters. The molecule has 31 heavy (non-hydrogen) atoms. The molecule has 162 valence electrons. The number of hydrogen-bond acceptors (Lipinski definition) is 7. The molecule has 3 aromatic rings. The van der Waals surface area contributed by atoms with Crippen molar-refractivity contribution in [1.29, 1.82) is 0 Å². The number of nitrogens with one attached hydrogen (secondary N) is 1. The molecule has 0 saturated carbocycles. The van der Waals surface area contributed by atoms with Gasteiger partial charge in [-0.15, -0.1) is 0 Å². The van der Waals surface area contributed by atoms with Gasteiger partial charge in [0.25, 0.3) is 0 Å². The summed E-state index contributed by atoms with van der Waals surface area (Å²) in [5.41, 5.74) is 3.23. The lowest BCUT2D eigenvalue weighted by Crippen LogP contribution is -2.23. The number of carboxylic acids is 1. The number of para-hydroxylation sites is 1. The normalized spacial score (nSPS) is 12.0. The minimum atomic E-state index is -1.13. The van der Waals surface area contributed by atoms with Crippen molar-refractivity contribution in [2.24, 2.45) is 5.10 Å². The Kier molecular flexibility index (Phi) is 6.81. The van der Waals surface area contributed by atoms with E-state index in [2.05, 4.69) is 26.5 Å². The van der Waals surface area contributed by atoms with Crippen molar-refractivity contribution in [3.05, 3.63) is 52.2 Å². The van der Waals surface area contributed by atoms with Crippen molar-refractivity contribution in [3.8, 4) is 17.2 Å². The van der Waals surface area contributed by atoms with Gasteiger partial charge in [0.05, 0.1) is 20.4 Å². The second-order valence-corrected chi connectivity index (χ2v) is 7.23. The zero-order chi connectivity index (χ0) is 22.5. The maximum Gasteiger partial charge on any atom is 0.344 e. The molecule has 0 aliphatic rings. The second kappa shape index (κ2) is 9.52. The van der Waals surface area contributed by atoms with Crippen LogP contribution in [-0.2, 0) is 4.79 Å². The number of carbonyl (C=O) groups excluding carboxylic acids is 1. The lowest BCUT2D eigenvalue weighted by molar-refractivity contribution is -0.144. The topological polar surface area (TPSA) is 120 Å². The summed E-state index contributed by atoms with van der Waals surface area (Å²) < 4.78 is 22.4. The molecule has 2 N–H and O–H groups in total. The highest BCUT2D eigenvalue weighted by atomic mass is 79.9.